The fourth-order valence-electron chi connectivity index (χ4n) is 3.00. The van der Waals surface area contributed by atoms with E-state index in [9.17, 15) is 0 Å². The predicted molar refractivity (Wildman–Crippen MR) is 87.7 cm³/mol. The van der Waals surface area contributed by atoms with Gasteiger partial charge in [0.1, 0.15) is 5.82 Å². The Balaban J connectivity index is 2.15. The van der Waals surface area contributed by atoms with Crippen LogP contribution >= 0.6 is 0 Å². The van der Waals surface area contributed by atoms with Crippen LogP contribution in [-0.2, 0) is 11.3 Å². The molecule has 21 heavy (non-hydrogen) atoms. The zero-order valence-electron chi connectivity index (χ0n) is 14.2. The zero-order valence-corrected chi connectivity index (χ0v) is 14.2. The van der Waals surface area contributed by atoms with Crippen molar-refractivity contribution in [2.24, 2.45) is 0 Å². The topological polar surface area (TPSA) is 37.4 Å². The molecular formula is C17H29N3O. The Kier molecular flexibility index (Phi) is 4.59. The van der Waals surface area contributed by atoms with Crippen LogP contribution in [-0.4, -0.2) is 35.3 Å². The van der Waals surface area contributed by atoms with Gasteiger partial charge in [-0.25, -0.2) is 4.98 Å². The molecule has 1 saturated heterocycles. The number of nitrogens with zero attached hydrogens (tertiary/aromatic N) is 2. The number of pyridine rings is 1. The van der Waals surface area contributed by atoms with Crippen molar-refractivity contribution in [3.8, 4) is 0 Å². The molecule has 4 heteroatoms. The summed E-state index contributed by atoms with van der Waals surface area (Å²) in [6, 6.07) is 6.73. The van der Waals surface area contributed by atoms with E-state index in [-0.39, 0.29) is 11.2 Å². The molecule has 0 unspecified atom stereocenters. The number of hydrogen-bond donors (Lipinski definition) is 1. The van der Waals surface area contributed by atoms with Crippen LogP contribution in [0.3, 0.4) is 0 Å². The number of aromatic nitrogens is 1. The third-order valence-electron chi connectivity index (χ3n) is 3.50. The zero-order chi connectivity index (χ0) is 15.7. The van der Waals surface area contributed by atoms with Crippen LogP contribution in [0.5, 0.6) is 0 Å². The molecule has 0 bridgehead atoms. The van der Waals surface area contributed by atoms with Crippen LogP contribution in [0, 0.1) is 0 Å². The second-order valence-corrected chi connectivity index (χ2v) is 7.50. The fraction of sp³-hybridized carbons (Fsp3) is 0.706. The first-order valence-electron chi connectivity index (χ1n) is 7.81. The van der Waals surface area contributed by atoms with Crippen LogP contribution < -0.4 is 10.2 Å². The van der Waals surface area contributed by atoms with Crippen LogP contribution in [0.25, 0.3) is 0 Å². The summed E-state index contributed by atoms with van der Waals surface area (Å²) in [6.07, 6.45) is 0. The quantitative estimate of drug-likeness (QED) is 0.925. The maximum atomic E-state index is 6.14. The predicted octanol–water partition coefficient (Wildman–Crippen LogP) is 2.97. The number of anilines is 1. The average Bonchev–Trinajstić information content (AvgIpc) is 2.33. The molecule has 1 fully saturated rings. The van der Waals surface area contributed by atoms with Crippen molar-refractivity contribution in [2.75, 3.05) is 18.0 Å². The lowest BCUT2D eigenvalue weighted by Gasteiger charge is -2.47. The van der Waals surface area contributed by atoms with Gasteiger partial charge in [-0.3, -0.25) is 0 Å². The molecule has 0 amide bonds. The molecule has 1 aliphatic rings. The van der Waals surface area contributed by atoms with Crippen molar-refractivity contribution >= 4 is 5.82 Å². The molecule has 0 atom stereocenters. The number of nitrogens with one attached hydrogen (secondary N) is 1. The summed E-state index contributed by atoms with van der Waals surface area (Å²) < 4.78 is 6.14. The minimum absolute atomic E-state index is 0.157. The van der Waals surface area contributed by atoms with E-state index in [4.69, 9.17) is 9.72 Å². The van der Waals surface area contributed by atoms with E-state index >= 15 is 0 Å². The Morgan fingerprint density at radius 2 is 1.81 bits per heavy atom. The Morgan fingerprint density at radius 1 is 1.19 bits per heavy atom. The first-order valence-corrected chi connectivity index (χ1v) is 7.81. The molecule has 2 heterocycles. The summed E-state index contributed by atoms with van der Waals surface area (Å²) in [5.74, 6) is 1.04. The first kappa shape index (κ1) is 16.2. The number of ether oxygens (including phenoxy) is 1. The highest BCUT2D eigenvalue weighted by atomic mass is 16.5. The summed E-state index contributed by atoms with van der Waals surface area (Å²) >= 11 is 0. The monoisotopic (exact) mass is 291 g/mol. The molecular weight excluding hydrogens is 262 g/mol. The minimum atomic E-state index is -0.157. The van der Waals surface area contributed by atoms with Gasteiger partial charge in [0.25, 0.3) is 0 Å². The Labute approximate surface area is 128 Å². The van der Waals surface area contributed by atoms with Gasteiger partial charge in [0.2, 0.25) is 0 Å². The summed E-state index contributed by atoms with van der Waals surface area (Å²) in [4.78, 5) is 7.14. The second-order valence-electron chi connectivity index (χ2n) is 7.50. The third-order valence-corrected chi connectivity index (χ3v) is 3.50. The van der Waals surface area contributed by atoms with E-state index in [1.165, 1.54) is 0 Å². The molecule has 0 radical (unpaired) electrons. The summed E-state index contributed by atoms with van der Waals surface area (Å²) in [5, 5.41) is 3.42. The van der Waals surface area contributed by atoms with Gasteiger partial charge in [0.15, 0.2) is 0 Å². The summed E-state index contributed by atoms with van der Waals surface area (Å²) in [6.45, 7) is 15.4. The van der Waals surface area contributed by atoms with Gasteiger partial charge in [0, 0.05) is 25.7 Å². The van der Waals surface area contributed by atoms with E-state index < -0.39 is 0 Å². The smallest absolute Gasteiger partial charge is 0.129 e. The molecule has 1 aromatic rings. The van der Waals surface area contributed by atoms with Gasteiger partial charge < -0.3 is 15.0 Å². The summed E-state index contributed by atoms with van der Waals surface area (Å²) in [7, 11) is 0. The van der Waals surface area contributed by atoms with E-state index in [1.54, 1.807) is 0 Å². The van der Waals surface area contributed by atoms with Gasteiger partial charge in [-0.05, 0) is 39.8 Å². The lowest BCUT2D eigenvalue weighted by Crippen LogP contribution is -2.57. The molecule has 1 N–H and O–H groups in total. The van der Waals surface area contributed by atoms with Gasteiger partial charge in [-0.15, -0.1) is 0 Å². The molecule has 0 aromatic carbocycles. The van der Waals surface area contributed by atoms with Crippen LogP contribution in [0.1, 0.15) is 47.2 Å². The van der Waals surface area contributed by atoms with Crippen LogP contribution in [0.4, 0.5) is 5.82 Å². The van der Waals surface area contributed by atoms with E-state index in [0.29, 0.717) is 6.04 Å². The van der Waals surface area contributed by atoms with Crippen molar-refractivity contribution in [1.82, 2.24) is 10.3 Å². The lowest BCUT2D eigenvalue weighted by molar-refractivity contribution is -0.133. The third kappa shape index (κ3) is 4.68. The SMILES string of the molecule is CC(C)NCc1cccc(N2CC(C)(C)OC(C)(C)C2)n1. The highest BCUT2D eigenvalue weighted by Crippen LogP contribution is 2.30. The number of hydrogen-bond acceptors (Lipinski definition) is 4. The average molecular weight is 291 g/mol. The van der Waals surface area contributed by atoms with Gasteiger partial charge >= 0.3 is 0 Å². The van der Waals surface area contributed by atoms with Crippen molar-refractivity contribution in [3.05, 3.63) is 23.9 Å². The highest BCUT2D eigenvalue weighted by molar-refractivity contribution is 5.41. The standard InChI is InChI=1S/C17H29N3O/c1-13(2)18-10-14-8-7-9-15(19-14)20-11-16(3,4)21-17(5,6)12-20/h7-9,13,18H,10-12H2,1-6H3. The molecule has 0 aliphatic carbocycles. The van der Waals surface area contributed by atoms with Gasteiger partial charge in [-0.1, -0.05) is 19.9 Å². The minimum Gasteiger partial charge on any atom is -0.366 e. The van der Waals surface area contributed by atoms with Crippen molar-refractivity contribution in [1.29, 1.82) is 0 Å². The Hall–Kier alpha value is -1.13. The molecule has 0 saturated carbocycles. The molecule has 1 aromatic heterocycles. The van der Waals surface area contributed by atoms with Gasteiger partial charge in [0.05, 0.1) is 16.9 Å². The first-order chi connectivity index (χ1) is 9.67. The molecule has 118 valence electrons. The van der Waals surface area contributed by atoms with E-state index in [1.807, 2.05) is 0 Å². The lowest BCUT2D eigenvalue weighted by atomic mass is 9.99. The fourth-order valence-corrected chi connectivity index (χ4v) is 3.00. The maximum Gasteiger partial charge on any atom is 0.129 e. The summed E-state index contributed by atoms with van der Waals surface area (Å²) in [5.41, 5.74) is 0.772. The highest BCUT2D eigenvalue weighted by Gasteiger charge is 2.38. The van der Waals surface area contributed by atoms with E-state index in [0.717, 1.165) is 31.1 Å². The normalized spacial score (nSPS) is 20.8. The molecule has 2 rings (SSSR count). The van der Waals surface area contributed by atoms with Crippen molar-refractivity contribution < 1.29 is 4.74 Å². The molecule has 0 spiro atoms. The van der Waals surface area contributed by atoms with Crippen molar-refractivity contribution in [2.45, 2.75) is 65.3 Å². The largest absolute Gasteiger partial charge is 0.366 e. The van der Waals surface area contributed by atoms with Crippen LogP contribution in [0.15, 0.2) is 18.2 Å². The van der Waals surface area contributed by atoms with E-state index in [2.05, 4.69) is 70.0 Å². The van der Waals surface area contributed by atoms with Crippen LogP contribution in [0.2, 0.25) is 0 Å². The Bertz CT molecular complexity index is 467. The Morgan fingerprint density at radius 3 is 2.38 bits per heavy atom. The number of morpholine rings is 1. The maximum absolute atomic E-state index is 6.14. The van der Waals surface area contributed by atoms with Gasteiger partial charge in [-0.2, -0.15) is 0 Å². The second kappa shape index (κ2) is 5.93. The van der Waals surface area contributed by atoms with Crippen molar-refractivity contribution in [3.63, 3.8) is 0 Å². The molecule has 1 aliphatic heterocycles. The molecule has 4 nitrogen and oxygen atoms in total. The number of rotatable bonds is 4.